The van der Waals surface area contributed by atoms with Gasteiger partial charge in [-0.15, -0.1) is 6.58 Å². The van der Waals surface area contributed by atoms with Gasteiger partial charge in [0.05, 0.1) is 16.3 Å². The molecule has 0 aliphatic heterocycles. The van der Waals surface area contributed by atoms with Crippen molar-refractivity contribution in [3.05, 3.63) is 101 Å². The van der Waals surface area contributed by atoms with E-state index in [1.165, 1.54) is 18.2 Å². The van der Waals surface area contributed by atoms with E-state index in [2.05, 4.69) is 22.1 Å². The molecule has 3 aromatic carbocycles. The number of rotatable bonds is 9. The van der Waals surface area contributed by atoms with Crippen LogP contribution in [0.2, 0.25) is 0 Å². The Morgan fingerprint density at radius 1 is 1.03 bits per heavy atom. The lowest BCUT2D eigenvalue weighted by Gasteiger charge is -2.11. The van der Waals surface area contributed by atoms with E-state index in [-0.39, 0.29) is 18.2 Å². The highest BCUT2D eigenvalue weighted by atomic mass is 16.6. The minimum atomic E-state index is -0.480. The number of carbonyl (C=O) groups is 1. The van der Waals surface area contributed by atoms with Crippen molar-refractivity contribution in [3.8, 4) is 5.75 Å². The van der Waals surface area contributed by atoms with Gasteiger partial charge < -0.3 is 10.1 Å². The first-order chi connectivity index (χ1) is 15.0. The van der Waals surface area contributed by atoms with E-state index in [0.29, 0.717) is 29.1 Å². The summed E-state index contributed by atoms with van der Waals surface area (Å²) in [6.45, 7) is 3.40. The lowest BCUT2D eigenvalue weighted by Crippen LogP contribution is -2.20. The second-order valence-electron chi connectivity index (χ2n) is 6.46. The maximum absolute atomic E-state index is 12.2. The van der Waals surface area contributed by atoms with Gasteiger partial charge in [-0.3, -0.25) is 14.9 Å². The van der Waals surface area contributed by atoms with Gasteiger partial charge in [0, 0.05) is 23.4 Å². The molecule has 0 unspecified atom stereocenters. The molecule has 0 saturated heterocycles. The van der Waals surface area contributed by atoms with Gasteiger partial charge in [-0.2, -0.15) is 10.2 Å². The van der Waals surface area contributed by atoms with Crippen molar-refractivity contribution < 1.29 is 14.5 Å². The Kier molecular flexibility index (Phi) is 7.21. The minimum absolute atomic E-state index is 0.0434. The number of non-ortho nitro benzene ring substituents is 1. The molecule has 8 nitrogen and oxygen atoms in total. The van der Waals surface area contributed by atoms with Crippen LogP contribution in [0.4, 0.5) is 22.7 Å². The van der Waals surface area contributed by atoms with Crippen LogP contribution in [0.3, 0.4) is 0 Å². The van der Waals surface area contributed by atoms with Crippen molar-refractivity contribution >= 4 is 28.7 Å². The summed E-state index contributed by atoms with van der Waals surface area (Å²) in [6, 6.07) is 20.5. The Morgan fingerprint density at radius 3 is 2.35 bits per heavy atom. The Labute approximate surface area is 179 Å². The van der Waals surface area contributed by atoms with Crippen molar-refractivity contribution in [3.63, 3.8) is 0 Å². The van der Waals surface area contributed by atoms with Crippen LogP contribution in [0.15, 0.2) is 95.7 Å². The van der Waals surface area contributed by atoms with Gasteiger partial charge in [-0.25, -0.2) is 0 Å². The number of ether oxygens (including phenoxy) is 1. The van der Waals surface area contributed by atoms with Crippen molar-refractivity contribution in [2.75, 3.05) is 11.9 Å². The molecule has 0 radical (unpaired) electrons. The van der Waals surface area contributed by atoms with Gasteiger partial charge in [-0.05, 0) is 48.9 Å². The molecular formula is C23H20N4O4. The molecule has 0 atom stereocenters. The summed E-state index contributed by atoms with van der Waals surface area (Å²) >= 11 is 0. The van der Waals surface area contributed by atoms with Gasteiger partial charge in [0.15, 0.2) is 6.61 Å². The smallest absolute Gasteiger partial charge is 0.269 e. The number of hydrogen-bond acceptors (Lipinski definition) is 6. The average molecular weight is 416 g/mol. The van der Waals surface area contributed by atoms with Crippen LogP contribution in [0, 0.1) is 10.1 Å². The highest BCUT2D eigenvalue weighted by Gasteiger charge is 2.12. The Morgan fingerprint density at radius 2 is 1.71 bits per heavy atom. The molecule has 0 bridgehead atoms. The second kappa shape index (κ2) is 10.4. The molecule has 0 aromatic heterocycles. The van der Waals surface area contributed by atoms with Gasteiger partial charge in [0.1, 0.15) is 5.75 Å². The maximum Gasteiger partial charge on any atom is 0.269 e. The van der Waals surface area contributed by atoms with Crippen molar-refractivity contribution in [2.45, 2.75) is 6.42 Å². The number of hydrogen-bond donors (Lipinski definition) is 1. The van der Waals surface area contributed by atoms with E-state index >= 15 is 0 Å². The number of amides is 1. The van der Waals surface area contributed by atoms with E-state index in [4.69, 9.17) is 4.74 Å². The summed E-state index contributed by atoms with van der Waals surface area (Å²) < 4.78 is 5.55. The number of benzene rings is 3. The zero-order valence-corrected chi connectivity index (χ0v) is 16.6. The first-order valence-electron chi connectivity index (χ1n) is 9.43. The number of nitrogens with zero attached hydrogens (tertiary/aromatic N) is 3. The van der Waals surface area contributed by atoms with Crippen LogP contribution in [-0.4, -0.2) is 17.4 Å². The number of allylic oxidation sites excluding steroid dienone is 1. The molecule has 1 N–H and O–H groups in total. The molecule has 3 rings (SSSR count). The highest BCUT2D eigenvalue weighted by molar-refractivity contribution is 5.92. The summed E-state index contributed by atoms with van der Waals surface area (Å²) in [5, 5.41) is 22.0. The molecule has 0 aliphatic carbocycles. The van der Waals surface area contributed by atoms with Gasteiger partial charge in [0.25, 0.3) is 11.6 Å². The third-order valence-electron chi connectivity index (χ3n) is 4.17. The molecule has 0 spiro atoms. The van der Waals surface area contributed by atoms with Crippen LogP contribution >= 0.6 is 0 Å². The standard InChI is InChI=1S/C23H20N4O4/c1-2-6-17-15-21(27(29)30)13-14-22(17)31-16-23(28)24-18-9-11-20(12-10-18)26-25-19-7-4-3-5-8-19/h2-5,7-15H,1,6,16H2,(H,24,28). The zero-order valence-electron chi connectivity index (χ0n) is 16.6. The molecule has 156 valence electrons. The Hall–Kier alpha value is -4.33. The number of nitrogens with one attached hydrogen (secondary N) is 1. The fraction of sp³-hybridized carbons (Fsp3) is 0.0870. The van der Waals surface area contributed by atoms with E-state index in [9.17, 15) is 14.9 Å². The molecule has 8 heteroatoms. The SMILES string of the molecule is C=CCc1cc([N+](=O)[O-])ccc1OCC(=O)Nc1ccc(N=Nc2ccccc2)cc1. The molecule has 0 fully saturated rings. The summed E-state index contributed by atoms with van der Waals surface area (Å²) in [4.78, 5) is 22.7. The molecule has 3 aromatic rings. The third-order valence-corrected chi connectivity index (χ3v) is 4.17. The average Bonchev–Trinajstić information content (AvgIpc) is 2.78. The third kappa shape index (κ3) is 6.33. The fourth-order valence-electron chi connectivity index (χ4n) is 2.70. The number of anilines is 1. The van der Waals surface area contributed by atoms with Crippen LogP contribution < -0.4 is 10.1 Å². The Balaban J connectivity index is 1.57. The number of nitro groups is 1. The topological polar surface area (TPSA) is 106 Å². The van der Waals surface area contributed by atoms with Crippen LogP contribution in [0.1, 0.15) is 5.56 Å². The summed E-state index contributed by atoms with van der Waals surface area (Å²) in [6.07, 6.45) is 2.00. The highest BCUT2D eigenvalue weighted by Crippen LogP contribution is 2.25. The minimum Gasteiger partial charge on any atom is -0.483 e. The summed E-state index contributed by atoms with van der Waals surface area (Å²) in [5.74, 6) is 0.0406. The van der Waals surface area contributed by atoms with Gasteiger partial charge in [-0.1, -0.05) is 24.3 Å². The largest absolute Gasteiger partial charge is 0.483 e. The van der Waals surface area contributed by atoms with Crippen molar-refractivity contribution in [1.82, 2.24) is 0 Å². The van der Waals surface area contributed by atoms with E-state index < -0.39 is 4.92 Å². The van der Waals surface area contributed by atoms with Crippen LogP contribution in [0.5, 0.6) is 5.75 Å². The molecule has 0 heterocycles. The monoisotopic (exact) mass is 416 g/mol. The van der Waals surface area contributed by atoms with Crippen LogP contribution in [0.25, 0.3) is 0 Å². The van der Waals surface area contributed by atoms with Crippen molar-refractivity contribution in [2.24, 2.45) is 10.2 Å². The Bertz CT molecular complexity index is 1100. The summed E-state index contributed by atoms with van der Waals surface area (Å²) in [5.41, 5.74) is 2.53. The fourth-order valence-corrected chi connectivity index (χ4v) is 2.70. The van der Waals surface area contributed by atoms with E-state index in [0.717, 1.165) is 5.69 Å². The van der Waals surface area contributed by atoms with Gasteiger partial charge >= 0.3 is 0 Å². The predicted octanol–water partition coefficient (Wildman–Crippen LogP) is 5.76. The van der Waals surface area contributed by atoms with E-state index in [1.54, 1.807) is 30.3 Å². The second-order valence-corrected chi connectivity index (χ2v) is 6.46. The molecule has 31 heavy (non-hydrogen) atoms. The lowest BCUT2D eigenvalue weighted by atomic mass is 10.1. The number of carbonyl (C=O) groups excluding carboxylic acids is 1. The lowest BCUT2D eigenvalue weighted by molar-refractivity contribution is -0.384. The number of nitro benzene ring substituents is 1. The zero-order chi connectivity index (χ0) is 22.1. The molecular weight excluding hydrogens is 396 g/mol. The predicted molar refractivity (Wildman–Crippen MR) is 118 cm³/mol. The summed E-state index contributed by atoms with van der Waals surface area (Å²) in [7, 11) is 0. The maximum atomic E-state index is 12.2. The molecule has 0 aliphatic rings. The first kappa shape index (κ1) is 21.4. The van der Waals surface area contributed by atoms with Gasteiger partial charge in [0.2, 0.25) is 0 Å². The molecule has 0 saturated carbocycles. The molecule has 1 amide bonds. The van der Waals surface area contributed by atoms with E-state index in [1.807, 2.05) is 30.3 Å². The normalized spacial score (nSPS) is 10.6. The van der Waals surface area contributed by atoms with Crippen molar-refractivity contribution in [1.29, 1.82) is 0 Å². The quantitative estimate of drug-likeness (QED) is 0.207. The number of azo groups is 1. The van der Waals surface area contributed by atoms with Crippen LogP contribution in [-0.2, 0) is 11.2 Å². The first-order valence-corrected chi connectivity index (χ1v) is 9.43.